The van der Waals surface area contributed by atoms with E-state index >= 15 is 0 Å². The number of nitriles is 1. The van der Waals surface area contributed by atoms with Gasteiger partial charge >= 0.3 is 0 Å². The minimum Gasteiger partial charge on any atom is -0.342 e. The van der Waals surface area contributed by atoms with E-state index in [4.69, 9.17) is 11.6 Å². The Morgan fingerprint density at radius 1 is 1.24 bits per heavy atom. The molecular weight excluding hydrogens is 450 g/mol. The lowest BCUT2D eigenvalue weighted by molar-refractivity contribution is -0.128. The summed E-state index contributed by atoms with van der Waals surface area (Å²) >= 11 is 6.52. The highest BCUT2D eigenvalue weighted by Gasteiger charge is 2.42. The summed E-state index contributed by atoms with van der Waals surface area (Å²) in [5.41, 5.74) is 3.53. The fourth-order valence-corrected chi connectivity index (χ4v) is 6.45. The van der Waals surface area contributed by atoms with E-state index in [-0.39, 0.29) is 17.2 Å². The molecule has 2 aromatic rings. The van der Waals surface area contributed by atoms with Gasteiger partial charge in [-0.2, -0.15) is 5.26 Å². The number of likely N-dealkylation sites (tertiary alicyclic amines) is 1. The Bertz CT molecular complexity index is 1200. The van der Waals surface area contributed by atoms with Gasteiger partial charge in [-0.05, 0) is 54.6 Å². The summed E-state index contributed by atoms with van der Waals surface area (Å²) in [4.78, 5) is 30.7. The first-order valence-corrected chi connectivity index (χ1v) is 12.3. The fraction of sp³-hybridized carbons (Fsp3) is 0.538. The predicted molar refractivity (Wildman–Crippen MR) is 130 cm³/mol. The molecule has 8 heteroatoms. The van der Waals surface area contributed by atoms with Crippen LogP contribution in [-0.4, -0.2) is 39.4 Å². The molecule has 2 amide bonds. The van der Waals surface area contributed by atoms with Gasteiger partial charge in [-0.15, -0.1) is 0 Å². The quantitative estimate of drug-likeness (QED) is 0.699. The van der Waals surface area contributed by atoms with Gasteiger partial charge in [0.2, 0.25) is 11.8 Å². The maximum absolute atomic E-state index is 12.8. The summed E-state index contributed by atoms with van der Waals surface area (Å²) in [7, 11) is 0. The SMILES string of the molecule is CC(=O)N1C[C@H]2CC(CC(=O)Nc3cc(-c4cc(C#N)n5c4CC(C)(C)C5)c(Cl)cn3)C[C@H]2C1. The average molecular weight is 480 g/mol. The number of carbonyl (C=O) groups excluding carboxylic acids is 2. The number of nitrogens with zero attached hydrogens (tertiary/aromatic N) is 4. The van der Waals surface area contributed by atoms with Gasteiger partial charge in [0.25, 0.3) is 0 Å². The minimum absolute atomic E-state index is 0.0462. The van der Waals surface area contributed by atoms with E-state index in [1.807, 2.05) is 17.0 Å². The zero-order chi connectivity index (χ0) is 24.2. The molecule has 7 nitrogen and oxygen atoms in total. The largest absolute Gasteiger partial charge is 0.342 e. The zero-order valence-electron chi connectivity index (χ0n) is 19.9. The monoisotopic (exact) mass is 479 g/mol. The van der Waals surface area contributed by atoms with Crippen molar-refractivity contribution in [1.29, 1.82) is 5.26 Å². The van der Waals surface area contributed by atoms with Gasteiger partial charge < -0.3 is 14.8 Å². The molecule has 0 aromatic carbocycles. The summed E-state index contributed by atoms with van der Waals surface area (Å²) in [6, 6.07) is 6.00. The molecule has 1 unspecified atom stereocenters. The maximum Gasteiger partial charge on any atom is 0.225 e. The van der Waals surface area contributed by atoms with Crippen LogP contribution in [-0.2, 0) is 22.6 Å². The second-order valence-corrected chi connectivity index (χ2v) is 11.4. The van der Waals surface area contributed by atoms with E-state index in [1.54, 1.807) is 13.1 Å². The first kappa shape index (κ1) is 22.9. The van der Waals surface area contributed by atoms with Crippen molar-refractivity contribution < 1.29 is 9.59 Å². The maximum atomic E-state index is 12.8. The molecule has 4 heterocycles. The van der Waals surface area contributed by atoms with Crippen LogP contribution in [0, 0.1) is 34.5 Å². The van der Waals surface area contributed by atoms with Gasteiger partial charge in [-0.25, -0.2) is 4.98 Å². The molecule has 0 spiro atoms. The van der Waals surface area contributed by atoms with Crippen LogP contribution in [0.25, 0.3) is 11.1 Å². The highest BCUT2D eigenvalue weighted by atomic mass is 35.5. The Hall–Kier alpha value is -2.85. The molecule has 1 N–H and O–H groups in total. The third-order valence-corrected chi connectivity index (χ3v) is 8.04. The minimum atomic E-state index is -0.0462. The molecule has 2 aromatic heterocycles. The van der Waals surface area contributed by atoms with Crippen molar-refractivity contribution >= 4 is 29.2 Å². The standard InChI is InChI=1S/C26H30ClN5O2/c1-15(33)31-12-17-4-16(5-18(17)13-31)6-25(34)30-24-8-20(22(27)11-29-24)21-7-19(10-28)32-14-26(2,3)9-23(21)32/h7-8,11,16-18H,4-6,9,12-14H2,1-3H3,(H,29,30,34)/t16?,17-,18+. The number of anilines is 1. The second kappa shape index (κ2) is 8.42. The van der Waals surface area contributed by atoms with Crippen molar-refractivity contribution in [2.75, 3.05) is 18.4 Å². The summed E-state index contributed by atoms with van der Waals surface area (Å²) in [6.07, 6.45) is 4.87. The van der Waals surface area contributed by atoms with Crippen molar-refractivity contribution in [2.24, 2.45) is 23.2 Å². The van der Waals surface area contributed by atoms with Crippen LogP contribution in [0.5, 0.6) is 0 Å². The topological polar surface area (TPSA) is 91.0 Å². The third kappa shape index (κ3) is 4.20. The van der Waals surface area contributed by atoms with Gasteiger partial charge in [0.1, 0.15) is 17.6 Å². The van der Waals surface area contributed by atoms with Crippen LogP contribution in [0.2, 0.25) is 5.02 Å². The smallest absolute Gasteiger partial charge is 0.225 e. The summed E-state index contributed by atoms with van der Waals surface area (Å²) in [5, 5.41) is 13.1. The molecule has 1 saturated carbocycles. The van der Waals surface area contributed by atoms with E-state index in [2.05, 4.69) is 34.8 Å². The van der Waals surface area contributed by atoms with E-state index in [9.17, 15) is 14.9 Å². The molecule has 2 fully saturated rings. The van der Waals surface area contributed by atoms with Gasteiger partial charge in [0.05, 0.1) is 5.02 Å². The Labute approximate surface area is 205 Å². The highest BCUT2D eigenvalue weighted by molar-refractivity contribution is 6.33. The molecule has 0 bridgehead atoms. The predicted octanol–water partition coefficient (Wildman–Crippen LogP) is 4.49. The highest BCUT2D eigenvalue weighted by Crippen LogP contribution is 2.44. The van der Waals surface area contributed by atoms with Crippen LogP contribution in [0.3, 0.4) is 0 Å². The number of rotatable bonds is 4. The van der Waals surface area contributed by atoms with Crippen LogP contribution >= 0.6 is 11.6 Å². The van der Waals surface area contributed by atoms with Gasteiger partial charge in [0.15, 0.2) is 0 Å². The number of hydrogen-bond donors (Lipinski definition) is 1. The second-order valence-electron chi connectivity index (χ2n) is 11.0. The first-order valence-electron chi connectivity index (χ1n) is 12.0. The number of fused-ring (bicyclic) bond motifs is 2. The number of halogens is 1. The number of hydrogen-bond acceptors (Lipinski definition) is 4. The molecular formula is C26H30ClN5O2. The molecule has 3 atom stereocenters. The Balaban J connectivity index is 1.28. The zero-order valence-corrected chi connectivity index (χ0v) is 20.7. The molecule has 5 rings (SSSR count). The van der Waals surface area contributed by atoms with E-state index in [0.29, 0.717) is 40.7 Å². The van der Waals surface area contributed by atoms with Crippen LogP contribution in [0.4, 0.5) is 5.82 Å². The molecule has 2 aliphatic heterocycles. The summed E-state index contributed by atoms with van der Waals surface area (Å²) < 4.78 is 2.08. The lowest BCUT2D eigenvalue weighted by atomic mass is 9.89. The third-order valence-electron chi connectivity index (χ3n) is 7.74. The van der Waals surface area contributed by atoms with Gasteiger partial charge in [-0.3, -0.25) is 9.59 Å². The molecule has 0 radical (unpaired) electrons. The van der Waals surface area contributed by atoms with Crippen molar-refractivity contribution in [3.8, 4) is 17.2 Å². The fourth-order valence-electron chi connectivity index (χ4n) is 6.24. The number of amides is 2. The Kier molecular flexibility index (Phi) is 5.68. The summed E-state index contributed by atoms with van der Waals surface area (Å²) in [6.45, 7) is 8.46. The molecule has 178 valence electrons. The Morgan fingerprint density at radius 2 is 1.94 bits per heavy atom. The Morgan fingerprint density at radius 3 is 2.59 bits per heavy atom. The normalized spacial score (nSPS) is 24.6. The lowest BCUT2D eigenvalue weighted by Gasteiger charge is -2.17. The lowest BCUT2D eigenvalue weighted by Crippen LogP contribution is -2.27. The van der Waals surface area contributed by atoms with Gasteiger partial charge in [-0.1, -0.05) is 25.4 Å². The first-order chi connectivity index (χ1) is 16.1. The number of pyridine rings is 1. The van der Waals surface area contributed by atoms with E-state index in [1.165, 1.54) is 0 Å². The number of aromatic nitrogens is 2. The van der Waals surface area contributed by atoms with E-state index in [0.717, 1.165) is 55.7 Å². The number of carbonyl (C=O) groups is 2. The van der Waals surface area contributed by atoms with E-state index < -0.39 is 0 Å². The molecule has 3 aliphatic rings. The van der Waals surface area contributed by atoms with Crippen LogP contribution < -0.4 is 5.32 Å². The average Bonchev–Trinajstić information content (AvgIpc) is 3.47. The molecule has 34 heavy (non-hydrogen) atoms. The van der Waals surface area contributed by atoms with Crippen molar-refractivity contribution in [3.63, 3.8) is 0 Å². The molecule has 1 saturated heterocycles. The van der Waals surface area contributed by atoms with Crippen LogP contribution in [0.15, 0.2) is 18.3 Å². The van der Waals surface area contributed by atoms with Crippen LogP contribution in [0.1, 0.15) is 51.4 Å². The molecule has 1 aliphatic carbocycles. The van der Waals surface area contributed by atoms with Gasteiger partial charge in [0, 0.05) is 56.0 Å². The van der Waals surface area contributed by atoms with Crippen molar-refractivity contribution in [2.45, 2.75) is 53.0 Å². The van der Waals surface area contributed by atoms with Crippen molar-refractivity contribution in [1.82, 2.24) is 14.5 Å². The number of nitrogens with one attached hydrogen (secondary N) is 1. The van der Waals surface area contributed by atoms with Crippen molar-refractivity contribution in [3.05, 3.63) is 34.7 Å². The summed E-state index contributed by atoms with van der Waals surface area (Å²) in [5.74, 6) is 1.94.